The first-order valence-electron chi connectivity index (χ1n) is 6.48. The maximum absolute atomic E-state index is 11.9. The summed E-state index contributed by atoms with van der Waals surface area (Å²) in [6.45, 7) is 0.456. The fraction of sp³-hybridized carbons (Fsp3) is 0.429. The number of carbonyl (C=O) groups is 2. The van der Waals surface area contributed by atoms with Gasteiger partial charge in [0.2, 0.25) is 11.8 Å². The van der Waals surface area contributed by atoms with Crippen molar-refractivity contribution in [1.82, 2.24) is 5.32 Å². The third-order valence-electron chi connectivity index (χ3n) is 2.90. The van der Waals surface area contributed by atoms with Crippen molar-refractivity contribution in [3.05, 3.63) is 29.8 Å². The van der Waals surface area contributed by atoms with Gasteiger partial charge in [-0.15, -0.1) is 0 Å². The van der Waals surface area contributed by atoms with E-state index in [2.05, 4.69) is 5.32 Å². The summed E-state index contributed by atoms with van der Waals surface area (Å²) in [5, 5.41) is 2.63. The molecule has 1 rings (SSSR count). The highest BCUT2D eigenvalue weighted by Gasteiger charge is 2.17. The van der Waals surface area contributed by atoms with Gasteiger partial charge >= 0.3 is 0 Å². The number of primary amides is 1. The number of hydrogen-bond acceptors (Lipinski definition) is 4. The first-order chi connectivity index (χ1) is 9.56. The van der Waals surface area contributed by atoms with E-state index < -0.39 is 11.9 Å². The summed E-state index contributed by atoms with van der Waals surface area (Å²) in [5.41, 5.74) is 11.5. The van der Waals surface area contributed by atoms with E-state index in [4.69, 9.17) is 16.2 Å². The average Bonchev–Trinajstić information content (AvgIpc) is 2.44. The molecular formula is C14H21N3O3. The molecule has 0 saturated carbocycles. The van der Waals surface area contributed by atoms with E-state index >= 15 is 0 Å². The summed E-state index contributed by atoms with van der Waals surface area (Å²) in [6, 6.07) is 6.50. The number of benzene rings is 1. The van der Waals surface area contributed by atoms with Crippen molar-refractivity contribution in [2.45, 2.75) is 25.3 Å². The number of methoxy groups -OCH3 is 1. The lowest BCUT2D eigenvalue weighted by molar-refractivity contribution is -0.127. The summed E-state index contributed by atoms with van der Waals surface area (Å²) < 4.78 is 5.04. The number of rotatable bonds is 8. The lowest BCUT2D eigenvalue weighted by Crippen LogP contribution is -2.45. The van der Waals surface area contributed by atoms with E-state index in [1.54, 1.807) is 31.4 Å². The van der Waals surface area contributed by atoms with Crippen LogP contribution in [-0.4, -0.2) is 31.5 Å². The zero-order valence-electron chi connectivity index (χ0n) is 11.6. The van der Waals surface area contributed by atoms with Gasteiger partial charge in [0.1, 0.15) is 11.8 Å². The molecule has 20 heavy (non-hydrogen) atoms. The van der Waals surface area contributed by atoms with Gasteiger partial charge in [0.15, 0.2) is 0 Å². The fourth-order valence-electron chi connectivity index (χ4n) is 1.78. The summed E-state index contributed by atoms with van der Waals surface area (Å²) >= 11 is 0. The third-order valence-corrected chi connectivity index (χ3v) is 2.90. The van der Waals surface area contributed by atoms with Crippen molar-refractivity contribution in [3.63, 3.8) is 0 Å². The molecule has 0 aliphatic carbocycles. The van der Waals surface area contributed by atoms with Crippen LogP contribution in [0.1, 0.15) is 18.4 Å². The molecule has 110 valence electrons. The number of ether oxygens (including phenoxy) is 1. The summed E-state index contributed by atoms with van der Waals surface area (Å²) in [4.78, 5) is 23.1. The molecule has 1 aromatic rings. The molecule has 2 amide bonds. The van der Waals surface area contributed by atoms with Gasteiger partial charge in [0.05, 0.1) is 13.5 Å². The zero-order valence-corrected chi connectivity index (χ0v) is 11.6. The molecule has 1 aromatic carbocycles. The molecular weight excluding hydrogens is 258 g/mol. The maximum Gasteiger partial charge on any atom is 0.240 e. The molecule has 0 unspecified atom stereocenters. The number of nitrogens with two attached hydrogens (primary N) is 2. The largest absolute Gasteiger partial charge is 0.497 e. The second-order valence-electron chi connectivity index (χ2n) is 4.48. The van der Waals surface area contributed by atoms with Gasteiger partial charge in [-0.1, -0.05) is 12.1 Å². The van der Waals surface area contributed by atoms with Crippen LogP contribution >= 0.6 is 0 Å². The second kappa shape index (κ2) is 8.16. The van der Waals surface area contributed by atoms with Gasteiger partial charge in [-0.25, -0.2) is 0 Å². The Kier molecular flexibility index (Phi) is 6.52. The predicted molar refractivity (Wildman–Crippen MR) is 76.1 cm³/mol. The smallest absolute Gasteiger partial charge is 0.240 e. The van der Waals surface area contributed by atoms with Crippen molar-refractivity contribution in [1.29, 1.82) is 0 Å². The van der Waals surface area contributed by atoms with Crippen LogP contribution < -0.4 is 21.5 Å². The van der Waals surface area contributed by atoms with Crippen LogP contribution in [0.25, 0.3) is 0 Å². The van der Waals surface area contributed by atoms with Crippen molar-refractivity contribution in [3.8, 4) is 5.75 Å². The molecule has 0 aliphatic rings. The number of amides is 2. The van der Waals surface area contributed by atoms with Gasteiger partial charge in [0, 0.05) is 0 Å². The Hall–Kier alpha value is -2.08. The van der Waals surface area contributed by atoms with E-state index in [9.17, 15) is 9.59 Å². The molecule has 5 N–H and O–H groups in total. The first-order valence-corrected chi connectivity index (χ1v) is 6.48. The van der Waals surface area contributed by atoms with Crippen LogP contribution in [0.5, 0.6) is 5.75 Å². The Bertz CT molecular complexity index is 445. The Labute approximate surface area is 118 Å². The highest BCUT2D eigenvalue weighted by Crippen LogP contribution is 2.11. The van der Waals surface area contributed by atoms with Gasteiger partial charge in [-0.3, -0.25) is 9.59 Å². The molecule has 0 aromatic heterocycles. The van der Waals surface area contributed by atoms with Gasteiger partial charge in [-0.05, 0) is 37.1 Å². The lowest BCUT2D eigenvalue weighted by Gasteiger charge is -2.15. The molecule has 0 spiro atoms. The molecule has 0 heterocycles. The van der Waals surface area contributed by atoms with Crippen LogP contribution in [0.15, 0.2) is 24.3 Å². The van der Waals surface area contributed by atoms with Crippen molar-refractivity contribution in [2.24, 2.45) is 11.5 Å². The van der Waals surface area contributed by atoms with Crippen LogP contribution in [-0.2, 0) is 16.0 Å². The number of carbonyl (C=O) groups excluding carboxylic acids is 2. The van der Waals surface area contributed by atoms with Crippen LogP contribution in [0.2, 0.25) is 0 Å². The zero-order chi connectivity index (χ0) is 15.0. The minimum atomic E-state index is -0.663. The summed E-state index contributed by atoms with van der Waals surface area (Å²) in [6.07, 6.45) is 1.28. The second-order valence-corrected chi connectivity index (χ2v) is 4.48. The Morgan fingerprint density at radius 1 is 1.30 bits per heavy atom. The van der Waals surface area contributed by atoms with Crippen LogP contribution in [0, 0.1) is 0 Å². The highest BCUT2D eigenvalue weighted by atomic mass is 16.5. The molecule has 0 saturated heterocycles. The van der Waals surface area contributed by atoms with Gasteiger partial charge < -0.3 is 21.5 Å². The highest BCUT2D eigenvalue weighted by molar-refractivity contribution is 5.87. The van der Waals surface area contributed by atoms with E-state index in [0.29, 0.717) is 19.4 Å². The summed E-state index contributed by atoms with van der Waals surface area (Å²) in [5.74, 6) is -0.0513. The molecule has 0 fully saturated rings. The van der Waals surface area contributed by atoms with E-state index in [-0.39, 0.29) is 12.3 Å². The number of nitrogens with one attached hydrogen (secondary N) is 1. The Balaban J connectivity index is 2.53. The molecule has 0 aliphatic heterocycles. The molecule has 6 nitrogen and oxygen atoms in total. The molecule has 1 atom stereocenters. The van der Waals surface area contributed by atoms with Crippen molar-refractivity contribution in [2.75, 3.05) is 13.7 Å². The minimum Gasteiger partial charge on any atom is -0.497 e. The normalized spacial score (nSPS) is 11.7. The van der Waals surface area contributed by atoms with E-state index in [0.717, 1.165) is 11.3 Å². The molecule has 0 radical (unpaired) electrons. The maximum atomic E-state index is 11.9. The van der Waals surface area contributed by atoms with E-state index in [1.807, 2.05) is 0 Å². The predicted octanol–water partition coefficient (Wildman–Crippen LogP) is -0.0533. The van der Waals surface area contributed by atoms with Crippen LogP contribution in [0.3, 0.4) is 0 Å². The minimum absolute atomic E-state index is 0.191. The quantitative estimate of drug-likeness (QED) is 0.620. The monoisotopic (exact) mass is 279 g/mol. The van der Waals surface area contributed by atoms with Gasteiger partial charge in [-0.2, -0.15) is 0 Å². The molecule has 6 heteroatoms. The van der Waals surface area contributed by atoms with Crippen LogP contribution in [0.4, 0.5) is 0 Å². The Morgan fingerprint density at radius 2 is 1.95 bits per heavy atom. The van der Waals surface area contributed by atoms with Crippen molar-refractivity contribution < 1.29 is 14.3 Å². The summed E-state index contributed by atoms with van der Waals surface area (Å²) in [7, 11) is 1.58. The Morgan fingerprint density at radius 3 is 2.45 bits per heavy atom. The average molecular weight is 279 g/mol. The standard InChI is InChI=1S/C14H21N3O3/c1-20-11-6-4-10(5-7-11)9-13(18)17-12(14(16)19)3-2-8-15/h4-7,12H,2-3,8-9,15H2,1H3,(H2,16,19)(H,17,18)/t12-/m0/s1. The lowest BCUT2D eigenvalue weighted by atomic mass is 10.1. The third kappa shape index (κ3) is 5.27. The van der Waals surface area contributed by atoms with Gasteiger partial charge in [0.25, 0.3) is 0 Å². The van der Waals surface area contributed by atoms with E-state index in [1.165, 1.54) is 0 Å². The SMILES string of the molecule is COc1ccc(CC(=O)N[C@@H](CCCN)C(N)=O)cc1. The first kappa shape index (κ1) is 16.0. The van der Waals surface area contributed by atoms with Crippen molar-refractivity contribution >= 4 is 11.8 Å². The molecule has 0 bridgehead atoms. The topological polar surface area (TPSA) is 107 Å². The number of hydrogen-bond donors (Lipinski definition) is 3. The fourth-order valence-corrected chi connectivity index (χ4v) is 1.78.